The summed E-state index contributed by atoms with van der Waals surface area (Å²) in [4.78, 5) is 24.7. The molecule has 0 bridgehead atoms. The maximum atomic E-state index is 12.6. The lowest BCUT2D eigenvalue weighted by Gasteiger charge is -2.15. The fraction of sp³-hybridized carbons (Fsp3) is 0.136. The molecule has 0 aliphatic carbocycles. The van der Waals surface area contributed by atoms with Gasteiger partial charge in [0.2, 0.25) is 5.91 Å². The van der Waals surface area contributed by atoms with Gasteiger partial charge in [-0.05, 0) is 29.8 Å². The average Bonchev–Trinajstić information content (AvgIpc) is 3.35. The van der Waals surface area contributed by atoms with Gasteiger partial charge in [-0.2, -0.15) is 5.10 Å². The maximum absolute atomic E-state index is 12.6. The summed E-state index contributed by atoms with van der Waals surface area (Å²) in [6.45, 7) is 0.422. The number of halogens is 1. The van der Waals surface area contributed by atoms with Gasteiger partial charge in [-0.25, -0.2) is 5.43 Å². The minimum Gasteiger partial charge on any atom is -0.455 e. The van der Waals surface area contributed by atoms with E-state index in [0.717, 1.165) is 11.1 Å². The predicted molar refractivity (Wildman–Crippen MR) is 111 cm³/mol. The molecular weight excluding hydrogens is 390 g/mol. The Morgan fingerprint density at radius 1 is 1.14 bits per heavy atom. The fourth-order valence-electron chi connectivity index (χ4n) is 3.38. The standard InChI is InChI=1S/C22H18ClN3O3/c23-16-8-4-7-15(11-16)19-10-9-17(29-19)12-25-26-22(28)20-18(13-24-21(20)27)14-5-2-1-3-6-14/h1-12,18,20H,13H2,(H,24,27)(H,26,28)/b25-12+/t18-,20-/m0/s1. The first-order valence-electron chi connectivity index (χ1n) is 9.13. The van der Waals surface area contributed by atoms with Crippen LogP contribution in [0.15, 0.2) is 76.2 Å². The number of amides is 2. The Balaban J connectivity index is 1.43. The molecule has 2 atom stereocenters. The number of carbonyl (C=O) groups excluding carboxylic acids is 2. The number of hydrazone groups is 1. The second-order valence-electron chi connectivity index (χ2n) is 6.69. The van der Waals surface area contributed by atoms with E-state index in [1.807, 2.05) is 42.5 Å². The largest absolute Gasteiger partial charge is 0.455 e. The Kier molecular flexibility index (Phi) is 5.44. The molecule has 2 N–H and O–H groups in total. The van der Waals surface area contributed by atoms with Crippen LogP contribution in [0.5, 0.6) is 0 Å². The number of nitrogens with one attached hydrogen (secondary N) is 2. The van der Waals surface area contributed by atoms with Gasteiger partial charge < -0.3 is 9.73 Å². The van der Waals surface area contributed by atoms with E-state index in [0.29, 0.717) is 23.1 Å². The van der Waals surface area contributed by atoms with Crippen molar-refractivity contribution in [3.63, 3.8) is 0 Å². The van der Waals surface area contributed by atoms with Gasteiger partial charge in [0, 0.05) is 23.0 Å². The summed E-state index contributed by atoms with van der Waals surface area (Å²) in [6, 6.07) is 20.3. The Labute approximate surface area is 172 Å². The van der Waals surface area contributed by atoms with Gasteiger partial charge >= 0.3 is 0 Å². The molecule has 7 heteroatoms. The van der Waals surface area contributed by atoms with E-state index in [2.05, 4.69) is 15.8 Å². The number of rotatable bonds is 5. The Morgan fingerprint density at radius 3 is 2.76 bits per heavy atom. The SMILES string of the molecule is O=C1NC[C@@H](c2ccccc2)[C@@H]1C(=O)N/N=C/c1ccc(-c2cccc(Cl)c2)o1. The topological polar surface area (TPSA) is 83.7 Å². The van der Waals surface area contributed by atoms with Crippen LogP contribution in [-0.4, -0.2) is 24.6 Å². The van der Waals surface area contributed by atoms with Crippen LogP contribution in [0.3, 0.4) is 0 Å². The molecule has 1 aliphatic heterocycles. The smallest absolute Gasteiger partial charge is 0.253 e. The highest BCUT2D eigenvalue weighted by Crippen LogP contribution is 2.29. The van der Waals surface area contributed by atoms with Crippen molar-refractivity contribution < 1.29 is 14.0 Å². The van der Waals surface area contributed by atoms with E-state index in [-0.39, 0.29) is 11.8 Å². The second-order valence-corrected chi connectivity index (χ2v) is 7.12. The van der Waals surface area contributed by atoms with Gasteiger partial charge in [-0.3, -0.25) is 9.59 Å². The van der Waals surface area contributed by atoms with Gasteiger partial charge in [0.25, 0.3) is 5.91 Å². The third kappa shape index (κ3) is 4.22. The van der Waals surface area contributed by atoms with E-state index in [9.17, 15) is 9.59 Å². The third-order valence-electron chi connectivity index (χ3n) is 4.79. The minimum atomic E-state index is -0.826. The van der Waals surface area contributed by atoms with Crippen molar-refractivity contribution in [1.82, 2.24) is 10.7 Å². The zero-order valence-electron chi connectivity index (χ0n) is 15.3. The summed E-state index contributed by atoms with van der Waals surface area (Å²) in [7, 11) is 0. The molecule has 2 aromatic carbocycles. The van der Waals surface area contributed by atoms with Crippen molar-refractivity contribution in [2.75, 3.05) is 6.54 Å². The second kappa shape index (κ2) is 8.32. The minimum absolute atomic E-state index is 0.225. The monoisotopic (exact) mass is 407 g/mol. The van der Waals surface area contributed by atoms with Gasteiger partial charge in [-0.1, -0.05) is 54.1 Å². The lowest BCUT2D eigenvalue weighted by molar-refractivity contribution is -0.133. The molecule has 146 valence electrons. The first-order valence-corrected chi connectivity index (χ1v) is 9.51. The molecule has 2 heterocycles. The summed E-state index contributed by atoms with van der Waals surface area (Å²) in [5, 5.41) is 7.32. The highest BCUT2D eigenvalue weighted by atomic mass is 35.5. The Bertz CT molecular complexity index is 1060. The molecule has 0 unspecified atom stereocenters. The molecule has 1 fully saturated rings. The zero-order chi connectivity index (χ0) is 20.2. The number of carbonyl (C=O) groups is 2. The van der Waals surface area contributed by atoms with Crippen molar-refractivity contribution >= 4 is 29.6 Å². The molecule has 0 saturated carbocycles. The number of hydrogen-bond donors (Lipinski definition) is 2. The summed E-state index contributed by atoms with van der Waals surface area (Å²) in [5.41, 5.74) is 4.23. The summed E-state index contributed by atoms with van der Waals surface area (Å²) < 4.78 is 5.71. The van der Waals surface area contributed by atoms with Crippen molar-refractivity contribution in [3.8, 4) is 11.3 Å². The number of hydrogen-bond acceptors (Lipinski definition) is 4. The van der Waals surface area contributed by atoms with Crippen molar-refractivity contribution in [3.05, 3.63) is 83.1 Å². The van der Waals surface area contributed by atoms with E-state index in [1.165, 1.54) is 6.21 Å². The van der Waals surface area contributed by atoms with Gasteiger partial charge in [0.1, 0.15) is 17.4 Å². The number of nitrogens with zero attached hydrogens (tertiary/aromatic N) is 1. The quantitative estimate of drug-likeness (QED) is 0.385. The van der Waals surface area contributed by atoms with Gasteiger partial charge in [0.05, 0.1) is 6.21 Å². The number of furan rings is 1. The van der Waals surface area contributed by atoms with Crippen LogP contribution in [-0.2, 0) is 9.59 Å². The van der Waals surface area contributed by atoms with Gasteiger partial charge in [0.15, 0.2) is 0 Å². The van der Waals surface area contributed by atoms with Crippen molar-refractivity contribution in [2.24, 2.45) is 11.0 Å². The lowest BCUT2D eigenvalue weighted by atomic mass is 9.88. The molecule has 1 aromatic heterocycles. The Hall–Kier alpha value is -3.38. The van der Waals surface area contributed by atoms with Crippen LogP contribution in [0, 0.1) is 5.92 Å². The highest BCUT2D eigenvalue weighted by molar-refractivity contribution is 6.30. The predicted octanol–water partition coefficient (Wildman–Crippen LogP) is 3.58. The molecule has 0 radical (unpaired) electrons. The van der Waals surface area contributed by atoms with Crippen LogP contribution in [0.1, 0.15) is 17.2 Å². The maximum Gasteiger partial charge on any atom is 0.253 e. The molecule has 1 saturated heterocycles. The van der Waals surface area contributed by atoms with E-state index < -0.39 is 11.8 Å². The lowest BCUT2D eigenvalue weighted by Crippen LogP contribution is -2.34. The average molecular weight is 408 g/mol. The zero-order valence-corrected chi connectivity index (χ0v) is 16.1. The molecule has 4 rings (SSSR count). The van der Waals surface area contributed by atoms with E-state index >= 15 is 0 Å². The van der Waals surface area contributed by atoms with Crippen LogP contribution in [0.4, 0.5) is 0 Å². The summed E-state index contributed by atoms with van der Waals surface area (Å²) >= 11 is 6.00. The summed E-state index contributed by atoms with van der Waals surface area (Å²) in [6.07, 6.45) is 1.40. The third-order valence-corrected chi connectivity index (χ3v) is 5.03. The highest BCUT2D eigenvalue weighted by Gasteiger charge is 2.40. The summed E-state index contributed by atoms with van der Waals surface area (Å²) in [5.74, 6) is -0.694. The van der Waals surface area contributed by atoms with Gasteiger partial charge in [-0.15, -0.1) is 0 Å². The molecule has 29 heavy (non-hydrogen) atoms. The van der Waals surface area contributed by atoms with Crippen LogP contribution >= 0.6 is 11.6 Å². The normalized spacial score (nSPS) is 18.7. The first kappa shape index (κ1) is 19.0. The molecular formula is C22H18ClN3O3. The number of benzene rings is 2. The van der Waals surface area contributed by atoms with Crippen LogP contribution in [0.25, 0.3) is 11.3 Å². The molecule has 0 spiro atoms. The van der Waals surface area contributed by atoms with Crippen LogP contribution < -0.4 is 10.7 Å². The van der Waals surface area contributed by atoms with Crippen molar-refractivity contribution in [1.29, 1.82) is 0 Å². The van der Waals surface area contributed by atoms with Crippen molar-refractivity contribution in [2.45, 2.75) is 5.92 Å². The first-order chi connectivity index (χ1) is 14.1. The van der Waals surface area contributed by atoms with Crippen LogP contribution in [0.2, 0.25) is 5.02 Å². The molecule has 1 aliphatic rings. The fourth-order valence-corrected chi connectivity index (χ4v) is 3.57. The Morgan fingerprint density at radius 2 is 1.97 bits per heavy atom. The van der Waals surface area contributed by atoms with E-state index in [1.54, 1.807) is 24.3 Å². The molecule has 6 nitrogen and oxygen atoms in total. The molecule has 3 aromatic rings. The van der Waals surface area contributed by atoms with E-state index in [4.69, 9.17) is 16.0 Å². The molecule has 2 amide bonds.